The highest BCUT2D eigenvalue weighted by Gasteiger charge is 2.04. The summed E-state index contributed by atoms with van der Waals surface area (Å²) < 4.78 is 4.42. The summed E-state index contributed by atoms with van der Waals surface area (Å²) in [6.07, 6.45) is 0. The monoisotopic (exact) mass is 269 g/mol. The standard InChI is InChI=1S/C15H15N3S/c16-9-11-4-3-5-12(8-11)10-17-15-13-6-1-2-7-14(13)18-19-15/h1-8,17H,9-10,16H2. The number of fused-ring (bicyclic) bond motifs is 1. The first kappa shape index (κ1) is 12.1. The lowest BCUT2D eigenvalue weighted by molar-refractivity contribution is 1.05. The van der Waals surface area contributed by atoms with Crippen LogP contribution in [0.4, 0.5) is 5.00 Å². The molecule has 3 aromatic rings. The van der Waals surface area contributed by atoms with Gasteiger partial charge in [0.2, 0.25) is 0 Å². The molecular weight excluding hydrogens is 254 g/mol. The first-order valence-corrected chi connectivity index (χ1v) is 7.00. The van der Waals surface area contributed by atoms with Gasteiger partial charge in [-0.05, 0) is 34.8 Å². The molecule has 4 heteroatoms. The molecule has 0 saturated carbocycles. The molecular formula is C15H15N3S. The van der Waals surface area contributed by atoms with E-state index in [-0.39, 0.29) is 0 Å². The lowest BCUT2D eigenvalue weighted by Gasteiger charge is -2.05. The third-order valence-corrected chi connectivity index (χ3v) is 3.90. The predicted molar refractivity (Wildman–Crippen MR) is 81.3 cm³/mol. The lowest BCUT2D eigenvalue weighted by atomic mass is 10.1. The first-order valence-electron chi connectivity index (χ1n) is 6.23. The van der Waals surface area contributed by atoms with Crippen LogP contribution in [0.3, 0.4) is 0 Å². The maximum absolute atomic E-state index is 5.66. The van der Waals surface area contributed by atoms with E-state index in [1.165, 1.54) is 22.5 Å². The Morgan fingerprint density at radius 3 is 2.79 bits per heavy atom. The second kappa shape index (κ2) is 5.38. The van der Waals surface area contributed by atoms with Crippen LogP contribution in [0.15, 0.2) is 48.5 Å². The van der Waals surface area contributed by atoms with Gasteiger partial charge < -0.3 is 11.1 Å². The molecule has 0 amide bonds. The third kappa shape index (κ3) is 2.59. The number of benzene rings is 2. The molecule has 96 valence electrons. The van der Waals surface area contributed by atoms with Gasteiger partial charge in [0.25, 0.3) is 0 Å². The van der Waals surface area contributed by atoms with E-state index in [1.54, 1.807) is 0 Å². The Morgan fingerprint density at radius 1 is 1.05 bits per heavy atom. The molecule has 3 nitrogen and oxygen atoms in total. The molecule has 0 aliphatic carbocycles. The van der Waals surface area contributed by atoms with Crippen LogP contribution in [-0.4, -0.2) is 4.37 Å². The summed E-state index contributed by atoms with van der Waals surface area (Å²) in [5.41, 5.74) is 9.10. The van der Waals surface area contributed by atoms with Crippen LogP contribution >= 0.6 is 11.5 Å². The van der Waals surface area contributed by atoms with E-state index in [1.807, 2.05) is 30.3 Å². The van der Waals surface area contributed by atoms with Crippen molar-refractivity contribution >= 4 is 27.4 Å². The van der Waals surface area contributed by atoms with Crippen molar-refractivity contribution in [3.05, 3.63) is 59.7 Å². The summed E-state index contributed by atoms with van der Waals surface area (Å²) in [4.78, 5) is 0. The Labute approximate surface area is 116 Å². The number of hydrogen-bond acceptors (Lipinski definition) is 4. The fourth-order valence-corrected chi connectivity index (χ4v) is 2.82. The van der Waals surface area contributed by atoms with Gasteiger partial charge in [-0.2, -0.15) is 4.37 Å². The van der Waals surface area contributed by atoms with E-state index >= 15 is 0 Å². The number of rotatable bonds is 4. The minimum absolute atomic E-state index is 0.581. The highest BCUT2D eigenvalue weighted by atomic mass is 32.1. The molecule has 0 radical (unpaired) electrons. The van der Waals surface area contributed by atoms with Gasteiger partial charge in [-0.15, -0.1) is 0 Å². The summed E-state index contributed by atoms with van der Waals surface area (Å²) in [6.45, 7) is 1.37. The molecule has 0 aliphatic heterocycles. The van der Waals surface area contributed by atoms with Gasteiger partial charge in [-0.1, -0.05) is 36.4 Å². The predicted octanol–water partition coefficient (Wildman–Crippen LogP) is 3.37. The normalized spacial score (nSPS) is 10.8. The van der Waals surface area contributed by atoms with Gasteiger partial charge in [-0.3, -0.25) is 0 Å². The molecule has 0 bridgehead atoms. The van der Waals surface area contributed by atoms with Crippen molar-refractivity contribution in [3.8, 4) is 0 Å². The fourth-order valence-electron chi connectivity index (χ4n) is 2.07. The quantitative estimate of drug-likeness (QED) is 0.763. The maximum atomic E-state index is 5.66. The van der Waals surface area contributed by atoms with Crippen molar-refractivity contribution in [2.24, 2.45) is 5.73 Å². The molecule has 2 aromatic carbocycles. The summed E-state index contributed by atoms with van der Waals surface area (Å²) in [5.74, 6) is 0. The van der Waals surface area contributed by atoms with Crippen molar-refractivity contribution in [2.75, 3.05) is 5.32 Å². The minimum atomic E-state index is 0.581. The van der Waals surface area contributed by atoms with Gasteiger partial charge in [0.05, 0.1) is 5.52 Å². The third-order valence-electron chi connectivity index (χ3n) is 3.06. The van der Waals surface area contributed by atoms with Crippen molar-refractivity contribution < 1.29 is 0 Å². The summed E-state index contributed by atoms with van der Waals surface area (Å²) in [7, 11) is 0. The Kier molecular flexibility index (Phi) is 3.44. The molecule has 3 rings (SSSR count). The van der Waals surface area contributed by atoms with Crippen LogP contribution in [0.5, 0.6) is 0 Å². The van der Waals surface area contributed by atoms with E-state index in [2.05, 4.69) is 27.9 Å². The molecule has 0 saturated heterocycles. The van der Waals surface area contributed by atoms with Crippen LogP contribution in [0.25, 0.3) is 10.9 Å². The van der Waals surface area contributed by atoms with Gasteiger partial charge in [-0.25, -0.2) is 0 Å². The van der Waals surface area contributed by atoms with Gasteiger partial charge >= 0.3 is 0 Å². The average molecular weight is 269 g/mol. The van der Waals surface area contributed by atoms with Crippen LogP contribution in [0, 0.1) is 0 Å². The van der Waals surface area contributed by atoms with Gasteiger partial charge in [0.1, 0.15) is 5.00 Å². The number of nitrogens with one attached hydrogen (secondary N) is 1. The van der Waals surface area contributed by atoms with Crippen LogP contribution < -0.4 is 11.1 Å². The molecule has 3 N–H and O–H groups in total. The van der Waals surface area contributed by atoms with Gasteiger partial charge in [0, 0.05) is 18.5 Å². The van der Waals surface area contributed by atoms with Crippen molar-refractivity contribution in [1.29, 1.82) is 0 Å². The summed E-state index contributed by atoms with van der Waals surface area (Å²) >= 11 is 1.51. The second-order valence-electron chi connectivity index (χ2n) is 4.41. The second-order valence-corrected chi connectivity index (χ2v) is 5.18. The zero-order valence-corrected chi connectivity index (χ0v) is 11.3. The SMILES string of the molecule is NCc1cccc(CNc2snc3ccccc23)c1. The number of nitrogens with zero attached hydrogens (tertiary/aromatic N) is 1. The molecule has 0 unspecified atom stereocenters. The molecule has 0 spiro atoms. The fraction of sp³-hybridized carbons (Fsp3) is 0.133. The largest absolute Gasteiger partial charge is 0.371 e. The summed E-state index contributed by atoms with van der Waals surface area (Å²) in [6, 6.07) is 16.5. The number of anilines is 1. The van der Waals surface area contributed by atoms with Crippen LogP contribution in [0.2, 0.25) is 0 Å². The van der Waals surface area contributed by atoms with Crippen molar-refractivity contribution in [2.45, 2.75) is 13.1 Å². The van der Waals surface area contributed by atoms with Crippen LogP contribution in [0.1, 0.15) is 11.1 Å². The average Bonchev–Trinajstić information content (AvgIpc) is 2.89. The van der Waals surface area contributed by atoms with Crippen LogP contribution in [-0.2, 0) is 13.1 Å². The zero-order valence-electron chi connectivity index (χ0n) is 10.5. The minimum Gasteiger partial charge on any atom is -0.371 e. The number of aromatic nitrogens is 1. The zero-order chi connectivity index (χ0) is 13.1. The van der Waals surface area contributed by atoms with Crippen molar-refractivity contribution in [3.63, 3.8) is 0 Å². The molecule has 1 heterocycles. The summed E-state index contributed by atoms with van der Waals surface area (Å²) in [5, 5.41) is 5.75. The van der Waals surface area contributed by atoms with E-state index in [4.69, 9.17) is 5.73 Å². The molecule has 1 aromatic heterocycles. The molecule has 0 atom stereocenters. The van der Waals surface area contributed by atoms with E-state index < -0.39 is 0 Å². The first-order chi connectivity index (χ1) is 9.36. The smallest absolute Gasteiger partial charge is 0.117 e. The number of hydrogen-bond donors (Lipinski definition) is 2. The lowest BCUT2D eigenvalue weighted by Crippen LogP contribution is -2.01. The van der Waals surface area contributed by atoms with E-state index in [0.29, 0.717) is 6.54 Å². The maximum Gasteiger partial charge on any atom is 0.117 e. The Balaban J connectivity index is 1.78. The highest BCUT2D eigenvalue weighted by molar-refractivity contribution is 7.11. The highest BCUT2D eigenvalue weighted by Crippen LogP contribution is 2.27. The number of nitrogens with two attached hydrogens (primary N) is 1. The van der Waals surface area contributed by atoms with Gasteiger partial charge in [0.15, 0.2) is 0 Å². The Hall–Kier alpha value is -1.91. The van der Waals surface area contributed by atoms with Crippen molar-refractivity contribution in [1.82, 2.24) is 4.37 Å². The molecule has 0 fully saturated rings. The molecule has 0 aliphatic rings. The Morgan fingerprint density at radius 2 is 1.89 bits per heavy atom. The van der Waals surface area contributed by atoms with E-state index in [0.717, 1.165) is 22.6 Å². The topological polar surface area (TPSA) is 50.9 Å². The van der Waals surface area contributed by atoms with E-state index in [9.17, 15) is 0 Å². The molecule has 19 heavy (non-hydrogen) atoms. The Bertz CT molecular complexity index is 690.